The summed E-state index contributed by atoms with van der Waals surface area (Å²) in [6.07, 6.45) is 8.23. The molecule has 4 rings (SSSR count). The molecule has 0 radical (unpaired) electrons. The summed E-state index contributed by atoms with van der Waals surface area (Å²) >= 11 is 1.66. The van der Waals surface area contributed by atoms with Gasteiger partial charge in [-0.05, 0) is 44.1 Å². The van der Waals surface area contributed by atoms with Crippen LogP contribution >= 0.6 is 11.3 Å². The molecule has 1 aliphatic carbocycles. The van der Waals surface area contributed by atoms with Gasteiger partial charge in [-0.25, -0.2) is 4.98 Å². The summed E-state index contributed by atoms with van der Waals surface area (Å²) in [6, 6.07) is 0.0794. The van der Waals surface area contributed by atoms with Crippen molar-refractivity contribution in [3.63, 3.8) is 0 Å². The summed E-state index contributed by atoms with van der Waals surface area (Å²) in [5.41, 5.74) is 7.16. The Hall–Kier alpha value is -1.73. The predicted molar refractivity (Wildman–Crippen MR) is 98.9 cm³/mol. The lowest BCUT2D eigenvalue weighted by molar-refractivity contribution is -0.132. The maximum Gasteiger partial charge on any atom is 0.262 e. The highest BCUT2D eigenvalue weighted by Gasteiger charge is 2.22. The number of thiophene rings is 1. The van der Waals surface area contributed by atoms with Gasteiger partial charge in [0.05, 0.1) is 11.7 Å². The fourth-order valence-corrected chi connectivity index (χ4v) is 5.17. The van der Waals surface area contributed by atoms with Crippen LogP contribution in [0.2, 0.25) is 0 Å². The zero-order chi connectivity index (χ0) is 17.4. The van der Waals surface area contributed by atoms with Gasteiger partial charge in [0.15, 0.2) is 0 Å². The number of nitrogens with two attached hydrogens (primary N) is 1. The van der Waals surface area contributed by atoms with E-state index in [0.717, 1.165) is 48.9 Å². The fourth-order valence-electron chi connectivity index (χ4n) is 3.95. The van der Waals surface area contributed by atoms with E-state index in [1.807, 2.05) is 4.90 Å². The highest BCUT2D eigenvalue weighted by atomic mass is 32.1. The van der Waals surface area contributed by atoms with Gasteiger partial charge in [0.2, 0.25) is 5.91 Å². The molecule has 6 nitrogen and oxygen atoms in total. The third-order valence-corrected chi connectivity index (χ3v) is 6.52. The average molecular weight is 360 g/mol. The van der Waals surface area contributed by atoms with E-state index < -0.39 is 0 Å². The van der Waals surface area contributed by atoms with Crippen LogP contribution in [0.5, 0.6) is 0 Å². The Morgan fingerprint density at radius 3 is 3.00 bits per heavy atom. The standard InChI is InChI=1S/C18H24N4O2S/c19-12-4-3-8-21(10-12)15(23)7-9-22-11-20-17-16(18(22)24)13-5-1-2-6-14(13)25-17/h11-12H,1-10,19H2. The van der Waals surface area contributed by atoms with Crippen LogP contribution in [0.1, 0.15) is 42.5 Å². The van der Waals surface area contributed by atoms with Gasteiger partial charge in [-0.15, -0.1) is 11.3 Å². The smallest absolute Gasteiger partial charge is 0.262 e. The van der Waals surface area contributed by atoms with Crippen molar-refractivity contribution < 1.29 is 4.79 Å². The average Bonchev–Trinajstić information content (AvgIpc) is 3.00. The second-order valence-corrected chi connectivity index (χ2v) is 8.21. The number of rotatable bonds is 3. The topological polar surface area (TPSA) is 81.2 Å². The van der Waals surface area contributed by atoms with Gasteiger partial charge in [-0.1, -0.05) is 0 Å². The molecule has 1 aliphatic heterocycles. The number of carbonyl (C=O) groups excluding carboxylic acids is 1. The number of fused-ring (bicyclic) bond motifs is 3. The summed E-state index contributed by atoms with van der Waals surface area (Å²) in [7, 11) is 0. The van der Waals surface area contributed by atoms with E-state index in [4.69, 9.17) is 5.73 Å². The molecule has 1 unspecified atom stereocenters. The van der Waals surface area contributed by atoms with E-state index >= 15 is 0 Å². The van der Waals surface area contributed by atoms with Crippen molar-refractivity contribution in [1.29, 1.82) is 0 Å². The molecule has 2 aromatic rings. The first-order valence-electron chi connectivity index (χ1n) is 9.16. The monoisotopic (exact) mass is 360 g/mol. The minimum Gasteiger partial charge on any atom is -0.341 e. The molecule has 7 heteroatoms. The Balaban J connectivity index is 1.53. The highest BCUT2D eigenvalue weighted by molar-refractivity contribution is 7.18. The number of aryl methyl sites for hydroxylation is 3. The molecular formula is C18H24N4O2S. The lowest BCUT2D eigenvalue weighted by Gasteiger charge is -2.30. The minimum absolute atomic E-state index is 0.00699. The fraction of sp³-hybridized carbons (Fsp3) is 0.611. The molecule has 0 bridgehead atoms. The van der Waals surface area contributed by atoms with E-state index in [1.165, 1.54) is 16.9 Å². The van der Waals surface area contributed by atoms with Gasteiger partial charge in [0.1, 0.15) is 4.83 Å². The van der Waals surface area contributed by atoms with Crippen LogP contribution in [0.3, 0.4) is 0 Å². The van der Waals surface area contributed by atoms with E-state index in [2.05, 4.69) is 4.98 Å². The Morgan fingerprint density at radius 2 is 2.16 bits per heavy atom. The van der Waals surface area contributed by atoms with Crippen molar-refractivity contribution in [2.24, 2.45) is 5.73 Å². The molecule has 0 spiro atoms. The Labute approximate surface area is 150 Å². The molecular weight excluding hydrogens is 336 g/mol. The van der Waals surface area contributed by atoms with Crippen molar-refractivity contribution in [3.05, 3.63) is 27.1 Å². The van der Waals surface area contributed by atoms with Crippen LogP contribution in [-0.4, -0.2) is 39.5 Å². The molecule has 1 fully saturated rings. The van der Waals surface area contributed by atoms with Gasteiger partial charge >= 0.3 is 0 Å². The van der Waals surface area contributed by atoms with Crippen molar-refractivity contribution in [1.82, 2.24) is 14.5 Å². The first-order valence-corrected chi connectivity index (χ1v) is 9.98. The maximum absolute atomic E-state index is 12.9. The third kappa shape index (κ3) is 3.22. The first kappa shape index (κ1) is 16.7. The molecule has 1 saturated heterocycles. The number of piperidine rings is 1. The molecule has 134 valence electrons. The van der Waals surface area contributed by atoms with Gasteiger partial charge in [0.25, 0.3) is 5.56 Å². The highest BCUT2D eigenvalue weighted by Crippen LogP contribution is 2.33. The van der Waals surface area contributed by atoms with E-state index in [9.17, 15) is 9.59 Å². The van der Waals surface area contributed by atoms with Gasteiger partial charge in [-0.3, -0.25) is 14.2 Å². The quantitative estimate of drug-likeness (QED) is 0.903. The van der Waals surface area contributed by atoms with Crippen LogP contribution < -0.4 is 11.3 Å². The molecule has 2 N–H and O–H groups in total. The van der Waals surface area contributed by atoms with Crippen LogP contribution in [0.4, 0.5) is 0 Å². The van der Waals surface area contributed by atoms with Crippen LogP contribution in [-0.2, 0) is 24.2 Å². The molecule has 1 atom stereocenters. The molecule has 2 aliphatic rings. The number of amides is 1. The van der Waals surface area contributed by atoms with E-state index in [1.54, 1.807) is 22.2 Å². The van der Waals surface area contributed by atoms with Crippen LogP contribution in [0, 0.1) is 0 Å². The molecule has 0 aromatic carbocycles. The molecule has 3 heterocycles. The summed E-state index contributed by atoms with van der Waals surface area (Å²) < 4.78 is 1.60. The second-order valence-electron chi connectivity index (χ2n) is 7.13. The largest absolute Gasteiger partial charge is 0.341 e. The zero-order valence-corrected chi connectivity index (χ0v) is 15.2. The lowest BCUT2D eigenvalue weighted by Crippen LogP contribution is -2.46. The summed E-state index contributed by atoms with van der Waals surface area (Å²) in [5.74, 6) is 0.0782. The van der Waals surface area contributed by atoms with Crippen molar-refractivity contribution >= 4 is 27.5 Å². The van der Waals surface area contributed by atoms with Gasteiger partial charge < -0.3 is 10.6 Å². The van der Waals surface area contributed by atoms with Crippen molar-refractivity contribution in [3.8, 4) is 0 Å². The SMILES string of the molecule is NC1CCCN(C(=O)CCn2cnc3sc4c(c3c2=O)CCCC4)C1. The normalized spacial score (nSPS) is 20.7. The number of hydrogen-bond acceptors (Lipinski definition) is 5. The minimum atomic E-state index is 0.00699. The maximum atomic E-state index is 12.9. The van der Waals surface area contributed by atoms with Crippen molar-refractivity contribution in [2.45, 2.75) is 57.5 Å². The summed E-state index contributed by atoms with van der Waals surface area (Å²) in [6.45, 7) is 1.79. The number of likely N-dealkylation sites (tertiary alicyclic amines) is 1. The van der Waals surface area contributed by atoms with E-state index in [-0.39, 0.29) is 17.5 Å². The summed E-state index contributed by atoms with van der Waals surface area (Å²) in [4.78, 5) is 33.8. The summed E-state index contributed by atoms with van der Waals surface area (Å²) in [5, 5.41) is 0.787. The Bertz CT molecular complexity index is 857. The number of hydrogen-bond donors (Lipinski definition) is 1. The number of aromatic nitrogens is 2. The molecule has 25 heavy (non-hydrogen) atoms. The van der Waals surface area contributed by atoms with Gasteiger partial charge in [-0.2, -0.15) is 0 Å². The molecule has 1 amide bonds. The number of nitrogens with zero attached hydrogens (tertiary/aromatic N) is 3. The van der Waals surface area contributed by atoms with Crippen molar-refractivity contribution in [2.75, 3.05) is 13.1 Å². The number of carbonyl (C=O) groups is 1. The Morgan fingerprint density at radius 1 is 1.32 bits per heavy atom. The Kier molecular flexibility index (Phi) is 4.60. The lowest BCUT2D eigenvalue weighted by atomic mass is 9.97. The zero-order valence-electron chi connectivity index (χ0n) is 14.4. The van der Waals surface area contributed by atoms with E-state index in [0.29, 0.717) is 19.5 Å². The van der Waals surface area contributed by atoms with Gasteiger partial charge in [0, 0.05) is 37.0 Å². The van der Waals surface area contributed by atoms with Crippen LogP contribution in [0.15, 0.2) is 11.1 Å². The molecule has 0 saturated carbocycles. The first-order chi connectivity index (χ1) is 12.1. The second kappa shape index (κ2) is 6.88. The van der Waals surface area contributed by atoms with Crippen LogP contribution in [0.25, 0.3) is 10.2 Å². The molecule has 2 aromatic heterocycles. The third-order valence-electron chi connectivity index (χ3n) is 5.32. The predicted octanol–water partition coefficient (Wildman–Crippen LogP) is 1.68.